The minimum Gasteiger partial charge on any atom is -0.385 e. The molecule has 0 aromatic carbocycles. The Kier molecular flexibility index (Phi) is 5.49. The van der Waals surface area contributed by atoms with Crippen molar-refractivity contribution in [2.75, 3.05) is 20.8 Å². The van der Waals surface area contributed by atoms with Crippen LogP contribution in [-0.2, 0) is 4.74 Å². The maximum Gasteiger partial charge on any atom is 0.0477 e. The molecule has 2 nitrogen and oxygen atoms in total. The highest BCUT2D eigenvalue weighted by Gasteiger charge is 2.25. The minimum atomic E-state index is 0.665. The lowest BCUT2D eigenvalue weighted by atomic mass is 9.78. The lowest BCUT2D eigenvalue weighted by Crippen LogP contribution is -2.37. The van der Waals surface area contributed by atoms with Crippen molar-refractivity contribution in [3.63, 3.8) is 0 Å². The summed E-state index contributed by atoms with van der Waals surface area (Å²) in [6.07, 6.45) is 6.80. The Morgan fingerprint density at radius 2 is 2.21 bits per heavy atom. The molecule has 1 N–H and O–H groups in total. The van der Waals surface area contributed by atoms with Crippen LogP contribution < -0.4 is 5.32 Å². The molecular formula is C12H25NO. The molecule has 1 fully saturated rings. The maximum absolute atomic E-state index is 5.15. The number of hydrogen-bond acceptors (Lipinski definition) is 2. The standard InChI is InChI=1S/C12H25NO/c1-10-5-4-6-11(9-10)12(13-2)7-8-14-3/h10-13H,4-9H2,1-3H3. The van der Waals surface area contributed by atoms with E-state index >= 15 is 0 Å². The molecule has 0 aromatic rings. The number of nitrogens with one attached hydrogen (secondary N) is 1. The van der Waals surface area contributed by atoms with Gasteiger partial charge in [0.1, 0.15) is 0 Å². The van der Waals surface area contributed by atoms with Crippen molar-refractivity contribution in [1.29, 1.82) is 0 Å². The monoisotopic (exact) mass is 199 g/mol. The van der Waals surface area contributed by atoms with Gasteiger partial charge in [-0.1, -0.05) is 19.8 Å². The smallest absolute Gasteiger partial charge is 0.0477 e. The summed E-state index contributed by atoms with van der Waals surface area (Å²) in [7, 11) is 3.87. The predicted molar refractivity (Wildman–Crippen MR) is 60.5 cm³/mol. The first-order valence-electron chi connectivity index (χ1n) is 5.94. The van der Waals surface area contributed by atoms with Gasteiger partial charge in [-0.2, -0.15) is 0 Å². The molecule has 1 aliphatic rings. The van der Waals surface area contributed by atoms with Crippen molar-refractivity contribution < 1.29 is 4.74 Å². The molecular weight excluding hydrogens is 174 g/mol. The second kappa shape index (κ2) is 6.41. The van der Waals surface area contributed by atoms with E-state index in [-0.39, 0.29) is 0 Å². The SMILES string of the molecule is CNC(CCOC)C1CCCC(C)C1. The van der Waals surface area contributed by atoms with Crippen LogP contribution in [0.5, 0.6) is 0 Å². The lowest BCUT2D eigenvalue weighted by Gasteiger charge is -2.33. The molecule has 0 radical (unpaired) electrons. The second-order valence-corrected chi connectivity index (χ2v) is 4.71. The van der Waals surface area contributed by atoms with Crippen molar-refractivity contribution in [3.8, 4) is 0 Å². The zero-order valence-corrected chi connectivity index (χ0v) is 9.88. The van der Waals surface area contributed by atoms with Gasteiger partial charge in [-0.25, -0.2) is 0 Å². The molecule has 1 aliphatic carbocycles. The third kappa shape index (κ3) is 3.58. The summed E-state index contributed by atoms with van der Waals surface area (Å²) in [4.78, 5) is 0. The average molecular weight is 199 g/mol. The topological polar surface area (TPSA) is 21.3 Å². The summed E-state index contributed by atoms with van der Waals surface area (Å²) in [5, 5.41) is 3.45. The molecule has 84 valence electrons. The van der Waals surface area contributed by atoms with E-state index in [0.29, 0.717) is 6.04 Å². The van der Waals surface area contributed by atoms with Gasteiger partial charge in [0, 0.05) is 19.8 Å². The van der Waals surface area contributed by atoms with Gasteiger partial charge in [0.2, 0.25) is 0 Å². The molecule has 14 heavy (non-hydrogen) atoms. The quantitative estimate of drug-likeness (QED) is 0.734. The van der Waals surface area contributed by atoms with E-state index in [1.54, 1.807) is 7.11 Å². The van der Waals surface area contributed by atoms with Crippen LogP contribution in [0.4, 0.5) is 0 Å². The van der Waals surface area contributed by atoms with Gasteiger partial charge in [-0.3, -0.25) is 0 Å². The zero-order chi connectivity index (χ0) is 10.4. The van der Waals surface area contributed by atoms with Gasteiger partial charge in [-0.15, -0.1) is 0 Å². The molecule has 3 unspecified atom stereocenters. The fourth-order valence-corrected chi connectivity index (χ4v) is 2.71. The first-order chi connectivity index (χ1) is 6.77. The molecule has 1 rings (SSSR count). The van der Waals surface area contributed by atoms with Crippen LogP contribution in [0, 0.1) is 11.8 Å². The number of ether oxygens (including phenoxy) is 1. The van der Waals surface area contributed by atoms with Gasteiger partial charge >= 0.3 is 0 Å². The highest BCUT2D eigenvalue weighted by molar-refractivity contribution is 4.80. The fourth-order valence-electron chi connectivity index (χ4n) is 2.71. The lowest BCUT2D eigenvalue weighted by molar-refractivity contribution is 0.153. The van der Waals surface area contributed by atoms with Crippen molar-refractivity contribution >= 4 is 0 Å². The van der Waals surface area contributed by atoms with E-state index in [2.05, 4.69) is 19.3 Å². The van der Waals surface area contributed by atoms with Gasteiger partial charge in [0.05, 0.1) is 0 Å². The second-order valence-electron chi connectivity index (χ2n) is 4.71. The minimum absolute atomic E-state index is 0.665. The zero-order valence-electron chi connectivity index (χ0n) is 9.88. The third-order valence-corrected chi connectivity index (χ3v) is 3.55. The Bertz CT molecular complexity index is 149. The summed E-state index contributed by atoms with van der Waals surface area (Å²) >= 11 is 0. The fraction of sp³-hybridized carbons (Fsp3) is 1.00. The van der Waals surface area contributed by atoms with Crippen LogP contribution >= 0.6 is 0 Å². The molecule has 0 spiro atoms. The van der Waals surface area contributed by atoms with E-state index < -0.39 is 0 Å². The van der Waals surface area contributed by atoms with E-state index in [0.717, 1.165) is 24.9 Å². The van der Waals surface area contributed by atoms with Crippen LogP contribution in [0.15, 0.2) is 0 Å². The highest BCUT2D eigenvalue weighted by Crippen LogP contribution is 2.31. The van der Waals surface area contributed by atoms with Crippen LogP contribution in [0.1, 0.15) is 39.0 Å². The van der Waals surface area contributed by atoms with E-state index in [1.807, 2.05) is 0 Å². The van der Waals surface area contributed by atoms with Crippen LogP contribution in [0.2, 0.25) is 0 Å². The largest absolute Gasteiger partial charge is 0.385 e. The average Bonchev–Trinajstić information content (AvgIpc) is 2.19. The highest BCUT2D eigenvalue weighted by atomic mass is 16.5. The molecule has 3 atom stereocenters. The molecule has 0 saturated heterocycles. The molecule has 2 heteroatoms. The summed E-state index contributed by atoms with van der Waals surface area (Å²) in [6.45, 7) is 3.27. The van der Waals surface area contributed by atoms with Crippen molar-refractivity contribution in [3.05, 3.63) is 0 Å². The Labute approximate surface area is 88.4 Å². The van der Waals surface area contributed by atoms with Gasteiger partial charge < -0.3 is 10.1 Å². The van der Waals surface area contributed by atoms with E-state index in [1.165, 1.54) is 25.7 Å². The summed E-state index contributed by atoms with van der Waals surface area (Å²) in [5.41, 5.74) is 0. The molecule has 0 bridgehead atoms. The number of methoxy groups -OCH3 is 1. The van der Waals surface area contributed by atoms with Crippen molar-refractivity contribution in [2.24, 2.45) is 11.8 Å². The van der Waals surface area contributed by atoms with E-state index in [4.69, 9.17) is 4.74 Å². The Hall–Kier alpha value is -0.0800. The van der Waals surface area contributed by atoms with Crippen molar-refractivity contribution in [2.45, 2.75) is 45.1 Å². The first kappa shape index (κ1) is 12.0. The Morgan fingerprint density at radius 1 is 1.43 bits per heavy atom. The predicted octanol–water partition coefficient (Wildman–Crippen LogP) is 2.44. The summed E-state index contributed by atoms with van der Waals surface area (Å²) in [6, 6.07) is 0.665. The summed E-state index contributed by atoms with van der Waals surface area (Å²) < 4.78 is 5.15. The van der Waals surface area contributed by atoms with Crippen LogP contribution in [-0.4, -0.2) is 26.8 Å². The molecule has 0 heterocycles. The van der Waals surface area contributed by atoms with Gasteiger partial charge in [-0.05, 0) is 38.1 Å². The van der Waals surface area contributed by atoms with Crippen molar-refractivity contribution in [1.82, 2.24) is 5.32 Å². The number of hydrogen-bond donors (Lipinski definition) is 1. The van der Waals surface area contributed by atoms with Gasteiger partial charge in [0.25, 0.3) is 0 Å². The van der Waals surface area contributed by atoms with Gasteiger partial charge in [0.15, 0.2) is 0 Å². The maximum atomic E-state index is 5.15. The molecule has 0 aromatic heterocycles. The number of rotatable bonds is 5. The summed E-state index contributed by atoms with van der Waals surface area (Å²) in [5.74, 6) is 1.80. The first-order valence-corrected chi connectivity index (χ1v) is 5.94. The molecule has 0 aliphatic heterocycles. The molecule has 0 amide bonds. The third-order valence-electron chi connectivity index (χ3n) is 3.55. The van der Waals surface area contributed by atoms with Crippen LogP contribution in [0.25, 0.3) is 0 Å². The normalized spacial score (nSPS) is 30.2. The molecule has 1 saturated carbocycles. The Balaban J connectivity index is 2.34. The van der Waals surface area contributed by atoms with E-state index in [9.17, 15) is 0 Å². The van der Waals surface area contributed by atoms with Crippen LogP contribution in [0.3, 0.4) is 0 Å². The Morgan fingerprint density at radius 3 is 2.79 bits per heavy atom.